The summed E-state index contributed by atoms with van der Waals surface area (Å²) in [5.41, 5.74) is 0.294. The maximum absolute atomic E-state index is 12.4. The number of hydrogen-bond donors (Lipinski definition) is 0. The third-order valence-corrected chi connectivity index (χ3v) is 3.72. The topological polar surface area (TPSA) is 44.1 Å². The Morgan fingerprint density at radius 2 is 2.00 bits per heavy atom. The number of carbonyl (C=O) groups is 1. The van der Waals surface area contributed by atoms with Crippen LogP contribution in [0.1, 0.15) is 29.6 Å². The molecule has 1 heterocycles. The number of nitrogens with zero attached hydrogens (tertiary/aromatic N) is 2. The second-order valence-electron chi connectivity index (χ2n) is 4.24. The van der Waals surface area contributed by atoms with Crippen LogP contribution in [0.2, 0.25) is 10.0 Å². The van der Waals surface area contributed by atoms with Crippen LogP contribution < -0.4 is 0 Å². The molecule has 0 aliphatic carbocycles. The lowest BCUT2D eigenvalue weighted by molar-refractivity contribution is 0.0671. The van der Waals surface area contributed by atoms with Crippen LogP contribution in [0.15, 0.2) is 18.2 Å². The van der Waals surface area contributed by atoms with Gasteiger partial charge in [0.15, 0.2) is 0 Å². The molecule has 1 unspecified atom stereocenters. The van der Waals surface area contributed by atoms with Crippen LogP contribution in [0.25, 0.3) is 0 Å². The minimum Gasteiger partial charge on any atom is -0.323 e. The molecule has 94 valence electrons. The number of hydrogen-bond acceptors (Lipinski definition) is 2. The lowest BCUT2D eigenvalue weighted by atomic mass is 10.0. The molecule has 1 aromatic rings. The summed E-state index contributed by atoms with van der Waals surface area (Å²) in [6, 6.07) is 6.74. The summed E-state index contributed by atoms with van der Waals surface area (Å²) in [6.45, 7) is 0.582. The number of nitriles is 1. The van der Waals surface area contributed by atoms with Gasteiger partial charge in [-0.05, 0) is 31.4 Å². The number of carbonyl (C=O) groups excluding carboxylic acids is 1. The van der Waals surface area contributed by atoms with E-state index in [4.69, 9.17) is 28.5 Å². The van der Waals surface area contributed by atoms with Crippen molar-refractivity contribution in [2.45, 2.75) is 25.3 Å². The number of rotatable bonds is 1. The number of halogens is 2. The molecule has 0 spiro atoms. The van der Waals surface area contributed by atoms with E-state index in [0.29, 0.717) is 28.6 Å². The Morgan fingerprint density at radius 3 is 2.61 bits per heavy atom. The fourth-order valence-electron chi connectivity index (χ4n) is 2.15. The molecule has 1 amide bonds. The molecule has 1 fully saturated rings. The largest absolute Gasteiger partial charge is 0.323 e. The Hall–Kier alpha value is -1.24. The minimum atomic E-state index is -0.376. The molecule has 1 aromatic carbocycles. The van der Waals surface area contributed by atoms with Crippen LogP contribution >= 0.6 is 23.2 Å². The zero-order valence-corrected chi connectivity index (χ0v) is 11.2. The van der Waals surface area contributed by atoms with Gasteiger partial charge in [-0.15, -0.1) is 0 Å². The molecular weight excluding hydrogens is 271 g/mol. The summed E-state index contributed by atoms with van der Waals surface area (Å²) in [7, 11) is 0. The van der Waals surface area contributed by atoms with Gasteiger partial charge in [0.2, 0.25) is 0 Å². The van der Waals surface area contributed by atoms with Gasteiger partial charge in [-0.25, -0.2) is 0 Å². The highest BCUT2D eigenvalue weighted by Crippen LogP contribution is 2.28. The SMILES string of the molecule is N#CC1CCCCN1C(=O)c1c(Cl)cccc1Cl. The van der Waals surface area contributed by atoms with Gasteiger partial charge in [-0.2, -0.15) is 5.26 Å². The fraction of sp³-hybridized carbons (Fsp3) is 0.385. The summed E-state index contributed by atoms with van der Waals surface area (Å²) in [5.74, 6) is -0.253. The molecule has 0 radical (unpaired) electrons. The highest BCUT2D eigenvalue weighted by Gasteiger charge is 2.29. The van der Waals surface area contributed by atoms with Crippen LogP contribution in [0.3, 0.4) is 0 Å². The first kappa shape index (κ1) is 13.2. The molecular formula is C13H12Cl2N2O. The van der Waals surface area contributed by atoms with E-state index in [1.165, 1.54) is 0 Å². The summed E-state index contributed by atoms with van der Waals surface area (Å²) >= 11 is 12.0. The second-order valence-corrected chi connectivity index (χ2v) is 5.05. The van der Waals surface area contributed by atoms with Gasteiger partial charge < -0.3 is 4.90 Å². The number of amides is 1. The molecule has 0 saturated carbocycles. The average molecular weight is 283 g/mol. The fourth-order valence-corrected chi connectivity index (χ4v) is 2.71. The quantitative estimate of drug-likeness (QED) is 0.791. The molecule has 3 nitrogen and oxygen atoms in total. The predicted molar refractivity (Wildman–Crippen MR) is 70.8 cm³/mol. The van der Waals surface area contributed by atoms with Crippen molar-refractivity contribution in [3.63, 3.8) is 0 Å². The van der Waals surface area contributed by atoms with Crippen molar-refractivity contribution in [3.8, 4) is 6.07 Å². The third-order valence-electron chi connectivity index (χ3n) is 3.09. The highest BCUT2D eigenvalue weighted by atomic mass is 35.5. The van der Waals surface area contributed by atoms with Gasteiger partial charge in [0, 0.05) is 6.54 Å². The van der Waals surface area contributed by atoms with Gasteiger partial charge in [-0.3, -0.25) is 4.79 Å². The van der Waals surface area contributed by atoms with E-state index in [2.05, 4.69) is 6.07 Å². The Balaban J connectivity index is 2.33. The van der Waals surface area contributed by atoms with E-state index in [-0.39, 0.29) is 11.9 Å². The van der Waals surface area contributed by atoms with Gasteiger partial charge >= 0.3 is 0 Å². The maximum atomic E-state index is 12.4. The Morgan fingerprint density at radius 1 is 1.33 bits per heavy atom. The molecule has 0 bridgehead atoms. The summed E-state index contributed by atoms with van der Waals surface area (Å²) < 4.78 is 0. The summed E-state index contributed by atoms with van der Waals surface area (Å²) in [5, 5.41) is 9.74. The molecule has 1 aliphatic heterocycles. The zero-order chi connectivity index (χ0) is 13.1. The Labute approximate surface area is 116 Å². The van der Waals surface area contributed by atoms with Gasteiger partial charge in [0.25, 0.3) is 5.91 Å². The first-order valence-electron chi connectivity index (χ1n) is 5.79. The molecule has 0 N–H and O–H groups in total. The normalized spacial score (nSPS) is 19.4. The minimum absolute atomic E-state index is 0.253. The molecule has 5 heteroatoms. The van der Waals surface area contributed by atoms with E-state index >= 15 is 0 Å². The van der Waals surface area contributed by atoms with E-state index in [1.54, 1.807) is 23.1 Å². The van der Waals surface area contributed by atoms with Crippen LogP contribution in [-0.4, -0.2) is 23.4 Å². The zero-order valence-electron chi connectivity index (χ0n) is 9.70. The smallest absolute Gasteiger partial charge is 0.257 e. The standard InChI is InChI=1S/C13H12Cl2N2O/c14-10-5-3-6-11(15)12(10)13(18)17-7-2-1-4-9(17)8-16/h3,5-6,9H,1-2,4,7H2. The highest BCUT2D eigenvalue weighted by molar-refractivity contribution is 6.39. The van der Waals surface area contributed by atoms with Crippen LogP contribution in [0.5, 0.6) is 0 Å². The molecule has 1 aliphatic rings. The van der Waals surface area contributed by atoms with Gasteiger partial charge in [0.1, 0.15) is 6.04 Å². The average Bonchev–Trinajstić information content (AvgIpc) is 2.38. The van der Waals surface area contributed by atoms with E-state index in [0.717, 1.165) is 12.8 Å². The number of likely N-dealkylation sites (tertiary alicyclic amines) is 1. The maximum Gasteiger partial charge on any atom is 0.257 e. The van der Waals surface area contributed by atoms with Crippen molar-refractivity contribution in [2.24, 2.45) is 0 Å². The van der Waals surface area contributed by atoms with Crippen LogP contribution in [-0.2, 0) is 0 Å². The van der Waals surface area contributed by atoms with Crippen molar-refractivity contribution in [1.29, 1.82) is 5.26 Å². The van der Waals surface area contributed by atoms with Crippen molar-refractivity contribution >= 4 is 29.1 Å². The first-order valence-corrected chi connectivity index (χ1v) is 6.55. The molecule has 1 saturated heterocycles. The summed E-state index contributed by atoms with van der Waals surface area (Å²) in [6.07, 6.45) is 2.59. The lowest BCUT2D eigenvalue weighted by Crippen LogP contribution is -2.43. The molecule has 18 heavy (non-hydrogen) atoms. The van der Waals surface area contributed by atoms with Crippen molar-refractivity contribution in [2.75, 3.05) is 6.54 Å². The van der Waals surface area contributed by atoms with Crippen molar-refractivity contribution in [3.05, 3.63) is 33.8 Å². The van der Waals surface area contributed by atoms with E-state index in [1.807, 2.05) is 0 Å². The Kier molecular flexibility index (Phi) is 4.11. The summed E-state index contributed by atoms with van der Waals surface area (Å²) in [4.78, 5) is 14.0. The van der Waals surface area contributed by atoms with Crippen molar-refractivity contribution in [1.82, 2.24) is 4.90 Å². The van der Waals surface area contributed by atoms with E-state index in [9.17, 15) is 4.79 Å². The molecule has 1 atom stereocenters. The monoisotopic (exact) mass is 282 g/mol. The van der Waals surface area contributed by atoms with Gasteiger partial charge in [0.05, 0.1) is 21.7 Å². The van der Waals surface area contributed by atoms with Gasteiger partial charge in [-0.1, -0.05) is 29.3 Å². The number of piperidine rings is 1. The second kappa shape index (κ2) is 5.60. The van der Waals surface area contributed by atoms with E-state index < -0.39 is 0 Å². The lowest BCUT2D eigenvalue weighted by Gasteiger charge is -2.31. The molecule has 2 rings (SSSR count). The molecule has 0 aromatic heterocycles. The van der Waals surface area contributed by atoms with Crippen LogP contribution in [0.4, 0.5) is 0 Å². The Bertz CT molecular complexity index is 490. The van der Waals surface area contributed by atoms with Crippen molar-refractivity contribution < 1.29 is 4.79 Å². The number of benzene rings is 1. The van der Waals surface area contributed by atoms with Crippen LogP contribution in [0, 0.1) is 11.3 Å². The third kappa shape index (κ3) is 2.45. The predicted octanol–water partition coefficient (Wildman–Crippen LogP) is 3.51. The first-order chi connectivity index (χ1) is 8.65.